The predicted octanol–water partition coefficient (Wildman–Crippen LogP) is 2.13. The van der Waals surface area contributed by atoms with E-state index in [9.17, 15) is 14.4 Å². The summed E-state index contributed by atoms with van der Waals surface area (Å²) in [7, 11) is 1.32. The molecular weight excluding hydrogens is 533 g/mol. The number of nitrogens with zero attached hydrogens (tertiary/aromatic N) is 3. The Morgan fingerprint density at radius 3 is 2.67 bits per heavy atom. The van der Waals surface area contributed by atoms with Crippen molar-refractivity contribution in [1.82, 2.24) is 20.2 Å². The topological polar surface area (TPSA) is 126 Å². The average molecular weight is 560 g/mol. The van der Waals surface area contributed by atoms with Crippen LogP contribution in [0.4, 0.5) is 5.13 Å². The molecule has 2 fully saturated rings. The lowest BCUT2D eigenvalue weighted by Gasteiger charge is -2.38. The number of morpholine rings is 1. The SMILES string of the molecule is COC(=O)c1cnc(N2CCC(NC(=O)c3[nH]c(C)c(Cl)c3Cl)C(OCC(=O)N3CCOCC3)C2)s1. The van der Waals surface area contributed by atoms with Crippen LogP contribution in [0.3, 0.4) is 0 Å². The number of nitrogens with one attached hydrogen (secondary N) is 2. The molecule has 2 aliphatic heterocycles. The van der Waals surface area contributed by atoms with Crippen LogP contribution < -0.4 is 10.2 Å². The monoisotopic (exact) mass is 559 g/mol. The standard InChI is InChI=1S/C22H27Cl2N5O6S/c1-12-17(23)18(24)19(26-12)20(31)27-13-3-4-29(22-25-9-15(36-22)21(32)33-2)10-14(13)35-11-16(30)28-5-7-34-8-6-28/h9,13-14,26H,3-8,10-11H2,1-2H3,(H,27,31). The number of amides is 2. The number of piperidine rings is 1. The van der Waals surface area contributed by atoms with Gasteiger partial charge in [-0.1, -0.05) is 34.5 Å². The molecule has 2 N–H and O–H groups in total. The van der Waals surface area contributed by atoms with Crippen LogP contribution in [0.2, 0.25) is 10.0 Å². The average Bonchev–Trinajstić information content (AvgIpc) is 3.49. The Morgan fingerprint density at radius 2 is 2.00 bits per heavy atom. The smallest absolute Gasteiger partial charge is 0.349 e. The van der Waals surface area contributed by atoms with Gasteiger partial charge in [0.15, 0.2) is 5.13 Å². The molecule has 14 heteroatoms. The van der Waals surface area contributed by atoms with Crippen molar-refractivity contribution >= 4 is 57.5 Å². The summed E-state index contributed by atoms with van der Waals surface area (Å²) in [5.74, 6) is -1.01. The summed E-state index contributed by atoms with van der Waals surface area (Å²) in [4.78, 5) is 48.8. The normalized spacial score (nSPS) is 20.3. The van der Waals surface area contributed by atoms with Gasteiger partial charge >= 0.3 is 5.97 Å². The number of aromatic amines is 1. The summed E-state index contributed by atoms with van der Waals surface area (Å²) < 4.78 is 16.1. The van der Waals surface area contributed by atoms with Gasteiger partial charge in [-0.2, -0.15) is 0 Å². The van der Waals surface area contributed by atoms with E-state index in [-0.39, 0.29) is 23.2 Å². The Labute approximate surface area is 222 Å². The summed E-state index contributed by atoms with van der Waals surface area (Å²) in [6.07, 6.45) is 1.46. The lowest BCUT2D eigenvalue weighted by atomic mass is 10.0. The fourth-order valence-electron chi connectivity index (χ4n) is 4.08. The minimum absolute atomic E-state index is 0.135. The first-order chi connectivity index (χ1) is 17.3. The van der Waals surface area contributed by atoms with Gasteiger partial charge in [0, 0.05) is 31.9 Å². The molecule has 0 saturated carbocycles. The van der Waals surface area contributed by atoms with Gasteiger partial charge in [0.1, 0.15) is 17.2 Å². The molecule has 2 aliphatic rings. The van der Waals surface area contributed by atoms with Crippen LogP contribution >= 0.6 is 34.5 Å². The van der Waals surface area contributed by atoms with Crippen molar-refractivity contribution in [3.63, 3.8) is 0 Å². The number of aryl methyl sites for hydroxylation is 1. The second-order valence-electron chi connectivity index (χ2n) is 8.41. The Bertz CT molecular complexity index is 1120. The van der Waals surface area contributed by atoms with Crippen molar-refractivity contribution in [1.29, 1.82) is 0 Å². The molecule has 36 heavy (non-hydrogen) atoms. The van der Waals surface area contributed by atoms with Crippen LogP contribution in [-0.4, -0.2) is 97.9 Å². The Morgan fingerprint density at radius 1 is 1.25 bits per heavy atom. The first kappa shape index (κ1) is 26.7. The molecule has 0 spiro atoms. The fraction of sp³-hybridized carbons (Fsp3) is 0.545. The van der Waals surface area contributed by atoms with Crippen LogP contribution in [0.15, 0.2) is 6.20 Å². The molecule has 4 heterocycles. The van der Waals surface area contributed by atoms with E-state index in [4.69, 9.17) is 37.4 Å². The minimum atomic E-state index is -0.525. The lowest BCUT2D eigenvalue weighted by molar-refractivity contribution is -0.142. The molecule has 0 radical (unpaired) electrons. The van der Waals surface area contributed by atoms with Crippen molar-refractivity contribution in [2.75, 3.05) is 58.0 Å². The highest BCUT2D eigenvalue weighted by atomic mass is 35.5. The third kappa shape index (κ3) is 5.94. The van der Waals surface area contributed by atoms with Crippen molar-refractivity contribution in [2.45, 2.75) is 25.5 Å². The van der Waals surface area contributed by atoms with E-state index in [1.165, 1.54) is 24.6 Å². The van der Waals surface area contributed by atoms with E-state index < -0.39 is 24.0 Å². The largest absolute Gasteiger partial charge is 0.465 e. The highest BCUT2D eigenvalue weighted by molar-refractivity contribution is 7.17. The van der Waals surface area contributed by atoms with E-state index in [0.29, 0.717) is 66.5 Å². The first-order valence-corrected chi connectivity index (χ1v) is 13.0. The van der Waals surface area contributed by atoms with Crippen LogP contribution in [0, 0.1) is 6.92 Å². The van der Waals surface area contributed by atoms with E-state index >= 15 is 0 Å². The number of carbonyl (C=O) groups excluding carboxylic acids is 3. The molecule has 4 rings (SSSR count). The zero-order valence-electron chi connectivity index (χ0n) is 19.8. The van der Waals surface area contributed by atoms with E-state index in [0.717, 1.165) is 0 Å². The second kappa shape index (κ2) is 11.8. The fourth-order valence-corrected chi connectivity index (χ4v) is 5.37. The number of H-pyrrole nitrogens is 1. The van der Waals surface area contributed by atoms with Gasteiger partial charge in [0.25, 0.3) is 5.91 Å². The maximum atomic E-state index is 13.0. The van der Waals surface area contributed by atoms with Crippen LogP contribution in [0.25, 0.3) is 0 Å². The molecule has 2 saturated heterocycles. The third-order valence-electron chi connectivity index (χ3n) is 6.09. The number of ether oxygens (including phenoxy) is 3. The summed E-state index contributed by atoms with van der Waals surface area (Å²) in [5, 5.41) is 4.05. The number of halogens is 2. The lowest BCUT2D eigenvalue weighted by Crippen LogP contribution is -2.56. The highest BCUT2D eigenvalue weighted by Gasteiger charge is 2.34. The number of esters is 1. The Kier molecular flexibility index (Phi) is 8.73. The number of aromatic nitrogens is 2. The molecule has 2 aromatic rings. The molecule has 2 atom stereocenters. The van der Waals surface area contributed by atoms with Crippen LogP contribution in [0.1, 0.15) is 32.3 Å². The molecule has 11 nitrogen and oxygen atoms in total. The number of rotatable bonds is 7. The number of hydrogen-bond acceptors (Lipinski definition) is 9. The quantitative estimate of drug-likeness (QED) is 0.494. The van der Waals surface area contributed by atoms with E-state index in [1.807, 2.05) is 4.90 Å². The van der Waals surface area contributed by atoms with Gasteiger partial charge in [-0.05, 0) is 13.3 Å². The van der Waals surface area contributed by atoms with Gasteiger partial charge in [0.05, 0.1) is 48.7 Å². The van der Waals surface area contributed by atoms with Crippen molar-refractivity contribution in [3.05, 3.63) is 32.5 Å². The number of thiazole rings is 1. The van der Waals surface area contributed by atoms with Crippen LogP contribution in [0.5, 0.6) is 0 Å². The molecule has 196 valence electrons. The number of carbonyl (C=O) groups is 3. The summed E-state index contributed by atoms with van der Waals surface area (Å²) in [6, 6.07) is -0.398. The maximum absolute atomic E-state index is 13.0. The van der Waals surface area contributed by atoms with Gasteiger partial charge in [-0.15, -0.1) is 0 Å². The highest BCUT2D eigenvalue weighted by Crippen LogP contribution is 2.30. The van der Waals surface area contributed by atoms with E-state index in [1.54, 1.807) is 11.8 Å². The molecule has 0 aliphatic carbocycles. The molecule has 2 amide bonds. The van der Waals surface area contributed by atoms with Gasteiger partial charge in [-0.25, -0.2) is 9.78 Å². The molecule has 2 unspecified atom stereocenters. The van der Waals surface area contributed by atoms with Crippen molar-refractivity contribution in [3.8, 4) is 0 Å². The third-order valence-corrected chi connectivity index (χ3v) is 8.08. The Balaban J connectivity index is 1.47. The zero-order valence-corrected chi connectivity index (χ0v) is 22.2. The van der Waals surface area contributed by atoms with Gasteiger partial charge in [-0.3, -0.25) is 9.59 Å². The summed E-state index contributed by atoms with van der Waals surface area (Å²) >= 11 is 13.6. The molecule has 0 bridgehead atoms. The zero-order chi connectivity index (χ0) is 25.8. The van der Waals surface area contributed by atoms with Crippen LogP contribution in [-0.2, 0) is 19.0 Å². The van der Waals surface area contributed by atoms with Crippen molar-refractivity contribution in [2.24, 2.45) is 0 Å². The maximum Gasteiger partial charge on any atom is 0.349 e. The number of methoxy groups -OCH3 is 1. The minimum Gasteiger partial charge on any atom is -0.465 e. The molecule has 2 aromatic heterocycles. The van der Waals surface area contributed by atoms with Gasteiger partial charge < -0.3 is 34.3 Å². The summed E-state index contributed by atoms with van der Waals surface area (Å²) in [5.41, 5.74) is 0.767. The molecular formula is C22H27Cl2N5O6S. The Hall–Kier alpha value is -2.38. The number of hydrogen-bond donors (Lipinski definition) is 2. The number of anilines is 1. The second-order valence-corrected chi connectivity index (χ2v) is 10.2. The van der Waals surface area contributed by atoms with E-state index in [2.05, 4.69) is 15.3 Å². The van der Waals surface area contributed by atoms with Crippen molar-refractivity contribution < 1.29 is 28.6 Å². The predicted molar refractivity (Wildman–Crippen MR) is 134 cm³/mol. The molecule has 0 aromatic carbocycles. The summed E-state index contributed by atoms with van der Waals surface area (Å²) in [6.45, 7) is 4.51. The van der Waals surface area contributed by atoms with Gasteiger partial charge in [0.2, 0.25) is 5.91 Å². The first-order valence-electron chi connectivity index (χ1n) is 11.4.